The van der Waals surface area contributed by atoms with E-state index in [2.05, 4.69) is 5.32 Å². The average Bonchev–Trinajstić information content (AvgIpc) is 3.42. The molecule has 4 aliphatic heterocycles. The number of fused-ring (bicyclic) bond motifs is 3. The zero-order valence-electron chi connectivity index (χ0n) is 22.5. The molecule has 3 fully saturated rings. The fourth-order valence-electron chi connectivity index (χ4n) is 7.11. The highest BCUT2D eigenvalue weighted by Gasteiger charge is 2.64. The van der Waals surface area contributed by atoms with Crippen LogP contribution in [-0.4, -0.2) is 83.8 Å². The van der Waals surface area contributed by atoms with Gasteiger partial charge in [0.15, 0.2) is 6.29 Å². The lowest BCUT2D eigenvalue weighted by Crippen LogP contribution is -2.63. The number of nitrogens with zero attached hydrogens (tertiary/aromatic N) is 1. The molecule has 4 heterocycles. The van der Waals surface area contributed by atoms with E-state index in [1.54, 1.807) is 12.1 Å². The van der Waals surface area contributed by atoms with Crippen LogP contribution in [0.2, 0.25) is 0 Å². The minimum absolute atomic E-state index is 0.174. The molecule has 6 rings (SSSR count). The Morgan fingerprint density at radius 3 is 2.62 bits per heavy atom. The zero-order chi connectivity index (χ0) is 28.2. The highest BCUT2D eigenvalue weighted by molar-refractivity contribution is 6.09. The van der Waals surface area contributed by atoms with Crippen LogP contribution in [0.3, 0.4) is 0 Å². The quantitative estimate of drug-likeness (QED) is 0.498. The topological polar surface area (TPSA) is 118 Å². The van der Waals surface area contributed by atoms with E-state index in [1.807, 2.05) is 43.1 Å². The minimum Gasteiger partial charge on any atom is -0.388 e. The molecular formula is C30H35FN2O7. The van der Waals surface area contributed by atoms with Crippen molar-refractivity contribution in [2.75, 3.05) is 25.5 Å². The summed E-state index contributed by atoms with van der Waals surface area (Å²) >= 11 is 0. The summed E-state index contributed by atoms with van der Waals surface area (Å²) in [7, 11) is 1.81. The van der Waals surface area contributed by atoms with Gasteiger partial charge in [0.2, 0.25) is 5.91 Å². The number of likely N-dealkylation sites (tertiary alicyclic amines) is 1. The number of likely N-dealkylation sites (N-methyl/N-ethyl adjacent to an activating group) is 1. The number of Topliss-reactive ketones (excluding diaryl/α,β-unsaturated/α-hetero) is 1. The molecule has 0 radical (unpaired) electrons. The Bertz CT molecular complexity index is 1270. The van der Waals surface area contributed by atoms with Crippen LogP contribution < -0.4 is 5.32 Å². The van der Waals surface area contributed by atoms with Crippen LogP contribution in [0.1, 0.15) is 43.2 Å². The van der Waals surface area contributed by atoms with Crippen LogP contribution >= 0.6 is 0 Å². The third kappa shape index (κ3) is 4.29. The van der Waals surface area contributed by atoms with Crippen LogP contribution in [0.15, 0.2) is 48.5 Å². The number of benzene rings is 2. The second-order valence-electron chi connectivity index (χ2n) is 11.3. The Balaban J connectivity index is 1.33. The van der Waals surface area contributed by atoms with Crippen molar-refractivity contribution in [1.29, 1.82) is 0 Å². The molecule has 3 N–H and O–H groups in total. The number of anilines is 1. The summed E-state index contributed by atoms with van der Waals surface area (Å²) in [5, 5.41) is 24.9. The summed E-state index contributed by atoms with van der Waals surface area (Å²) in [6, 6.07) is 13.3. The first kappa shape index (κ1) is 27.4. The van der Waals surface area contributed by atoms with Crippen molar-refractivity contribution in [3.63, 3.8) is 0 Å². The summed E-state index contributed by atoms with van der Waals surface area (Å²) in [6.45, 7) is 2.55. The maximum atomic E-state index is 14.4. The number of ether oxygens (including phenoxy) is 3. The second-order valence-corrected chi connectivity index (χ2v) is 11.3. The molecule has 3 saturated heterocycles. The van der Waals surface area contributed by atoms with E-state index < -0.39 is 60.0 Å². The molecule has 0 aromatic heterocycles. The van der Waals surface area contributed by atoms with E-state index in [4.69, 9.17) is 14.2 Å². The van der Waals surface area contributed by atoms with Gasteiger partial charge in [0.1, 0.15) is 41.6 Å². The molecule has 9 nitrogen and oxygen atoms in total. The van der Waals surface area contributed by atoms with E-state index in [0.717, 1.165) is 12.0 Å². The average molecular weight is 555 g/mol. The first-order valence-corrected chi connectivity index (χ1v) is 13.9. The molecule has 1 amide bonds. The second kappa shape index (κ2) is 10.6. The molecule has 4 aliphatic rings. The normalized spacial score (nSPS) is 37.3. The van der Waals surface area contributed by atoms with Crippen molar-refractivity contribution in [2.45, 2.75) is 74.5 Å². The van der Waals surface area contributed by atoms with Crippen LogP contribution in [0.4, 0.5) is 10.1 Å². The lowest BCUT2D eigenvalue weighted by atomic mass is 9.70. The van der Waals surface area contributed by atoms with Crippen LogP contribution in [-0.2, 0) is 29.3 Å². The standard InChI is InChI=1S/C30H35FN2O7/c1-3-6-24-38-15-23-28(40-24)27(36)26(35)22(39-23)13-21(34)25-18(16-9-11-17(31)12-10-16)14-33(2)30(25)19-7-4-5-8-20(19)32-29(30)37/h4-5,7-12,18,22-28,35-36H,3,6,13-15H2,1-2H3,(H,32,37)/t18-,22+,23-,24-,25+,26+,27-,28-,30-/m1/s1. The van der Waals surface area contributed by atoms with Gasteiger partial charge in [-0.1, -0.05) is 43.7 Å². The maximum Gasteiger partial charge on any atom is 0.250 e. The molecular weight excluding hydrogens is 519 g/mol. The van der Waals surface area contributed by atoms with E-state index >= 15 is 0 Å². The van der Waals surface area contributed by atoms with E-state index in [1.165, 1.54) is 12.1 Å². The molecule has 0 unspecified atom stereocenters. The van der Waals surface area contributed by atoms with Crippen molar-refractivity contribution >= 4 is 17.4 Å². The van der Waals surface area contributed by atoms with Crippen molar-refractivity contribution < 1.29 is 38.4 Å². The number of aliphatic hydroxyl groups excluding tert-OH is 2. The van der Waals surface area contributed by atoms with Gasteiger partial charge in [-0.05, 0) is 37.2 Å². The zero-order valence-corrected chi connectivity index (χ0v) is 22.5. The monoisotopic (exact) mass is 554 g/mol. The summed E-state index contributed by atoms with van der Waals surface area (Å²) in [6.07, 6.45) is -4.29. The molecule has 0 bridgehead atoms. The predicted molar refractivity (Wildman–Crippen MR) is 142 cm³/mol. The van der Waals surface area contributed by atoms with Crippen LogP contribution in [0.5, 0.6) is 0 Å². The molecule has 2 aromatic carbocycles. The van der Waals surface area contributed by atoms with Gasteiger partial charge >= 0.3 is 0 Å². The Labute approximate surface area is 232 Å². The van der Waals surface area contributed by atoms with Crippen LogP contribution in [0, 0.1) is 11.7 Å². The first-order chi connectivity index (χ1) is 19.2. The predicted octanol–water partition coefficient (Wildman–Crippen LogP) is 2.31. The number of nitrogens with one attached hydrogen (secondary N) is 1. The van der Waals surface area contributed by atoms with Gasteiger partial charge in [-0.3, -0.25) is 14.5 Å². The number of aliphatic hydroxyl groups is 2. The number of para-hydroxylation sites is 1. The Morgan fingerprint density at radius 2 is 1.88 bits per heavy atom. The van der Waals surface area contributed by atoms with Crippen molar-refractivity contribution in [3.8, 4) is 0 Å². The largest absolute Gasteiger partial charge is 0.388 e. The molecule has 2 aromatic rings. The number of carbonyl (C=O) groups excluding carboxylic acids is 2. The number of hydrogen-bond acceptors (Lipinski definition) is 8. The molecule has 1 spiro atoms. The smallest absolute Gasteiger partial charge is 0.250 e. The van der Waals surface area contributed by atoms with E-state index in [0.29, 0.717) is 24.2 Å². The number of hydrogen-bond donors (Lipinski definition) is 3. The summed E-state index contributed by atoms with van der Waals surface area (Å²) in [5.41, 5.74) is 0.786. The maximum absolute atomic E-state index is 14.4. The summed E-state index contributed by atoms with van der Waals surface area (Å²) in [5.74, 6) is -2.27. The van der Waals surface area contributed by atoms with Gasteiger partial charge in [-0.15, -0.1) is 0 Å². The minimum atomic E-state index is -1.37. The Hall–Kier alpha value is -2.73. The van der Waals surface area contributed by atoms with Crippen molar-refractivity contribution in [3.05, 3.63) is 65.5 Å². The number of rotatable bonds is 6. The fourth-order valence-corrected chi connectivity index (χ4v) is 7.11. The molecule has 0 saturated carbocycles. The Morgan fingerprint density at radius 1 is 1.12 bits per heavy atom. The van der Waals surface area contributed by atoms with Crippen molar-refractivity contribution in [2.24, 2.45) is 5.92 Å². The third-order valence-corrected chi connectivity index (χ3v) is 8.97. The van der Waals surface area contributed by atoms with Gasteiger partial charge in [0.25, 0.3) is 0 Å². The first-order valence-electron chi connectivity index (χ1n) is 13.9. The highest BCUT2D eigenvalue weighted by atomic mass is 19.1. The highest BCUT2D eigenvalue weighted by Crippen LogP contribution is 2.55. The summed E-state index contributed by atoms with van der Waals surface area (Å²) < 4.78 is 31.5. The molecule has 0 aliphatic carbocycles. The molecule has 40 heavy (non-hydrogen) atoms. The van der Waals surface area contributed by atoms with Crippen molar-refractivity contribution in [1.82, 2.24) is 4.90 Å². The molecule has 10 heteroatoms. The van der Waals surface area contributed by atoms with E-state index in [-0.39, 0.29) is 24.7 Å². The fraction of sp³-hybridized carbons (Fsp3) is 0.533. The SMILES string of the molecule is CCC[C@@H]1OC[C@H]2O[C@@H](CC(=O)[C@@H]3[C@@H](c4ccc(F)cc4)CN(C)[C@@]34C(=O)Nc3ccccc34)[C@H](O)[C@@H](O)[C@@H]2O1. The summed E-state index contributed by atoms with van der Waals surface area (Å²) in [4.78, 5) is 30.0. The lowest BCUT2D eigenvalue weighted by molar-refractivity contribution is -0.325. The third-order valence-electron chi connectivity index (χ3n) is 8.97. The van der Waals surface area contributed by atoms with Gasteiger partial charge < -0.3 is 29.7 Å². The lowest BCUT2D eigenvalue weighted by Gasteiger charge is -2.47. The van der Waals surface area contributed by atoms with Crippen LogP contribution in [0.25, 0.3) is 0 Å². The number of amides is 1. The van der Waals surface area contributed by atoms with Gasteiger partial charge in [0, 0.05) is 30.1 Å². The number of carbonyl (C=O) groups is 2. The Kier molecular flexibility index (Phi) is 7.27. The van der Waals surface area contributed by atoms with Gasteiger partial charge in [-0.25, -0.2) is 4.39 Å². The van der Waals surface area contributed by atoms with Gasteiger partial charge in [0.05, 0.1) is 18.6 Å². The number of ketones is 1. The number of halogens is 1. The molecule has 214 valence electrons. The van der Waals surface area contributed by atoms with E-state index in [9.17, 15) is 24.2 Å². The van der Waals surface area contributed by atoms with Gasteiger partial charge in [-0.2, -0.15) is 0 Å². The molecule has 9 atom stereocenters.